The van der Waals surface area contributed by atoms with Gasteiger partial charge in [-0.15, -0.1) is 0 Å². The highest BCUT2D eigenvalue weighted by Crippen LogP contribution is 2.42. The fraction of sp³-hybridized carbons (Fsp3) is 0.400. The summed E-state index contributed by atoms with van der Waals surface area (Å²) < 4.78 is 11.9. The van der Waals surface area contributed by atoms with Crippen LogP contribution < -0.4 is 14.4 Å². The standard InChI is InChI=1S/C30H36N6O2/c1-34-11-9-23(10-12-34)35-13-15-36(16-14-35)29-26(37-2)17-22(18-27(29)38-3)25-20-32-30-28(33-25)24(19-31-30)21-7-5-4-6-8-21/h4-8,17-20,23H,9-16H2,1-3H3,(H,31,32). The summed E-state index contributed by atoms with van der Waals surface area (Å²) in [6.45, 7) is 6.40. The van der Waals surface area contributed by atoms with Crippen LogP contribution in [0, 0.1) is 0 Å². The molecule has 0 unspecified atom stereocenters. The van der Waals surface area contributed by atoms with Crippen molar-refractivity contribution in [3.05, 3.63) is 54.9 Å². The van der Waals surface area contributed by atoms with Gasteiger partial charge in [-0.1, -0.05) is 30.3 Å². The average Bonchev–Trinajstić information content (AvgIpc) is 3.41. The zero-order valence-electron chi connectivity index (χ0n) is 22.5. The first kappa shape index (κ1) is 24.7. The fourth-order valence-corrected chi connectivity index (χ4v) is 5.89. The molecule has 0 spiro atoms. The molecule has 0 radical (unpaired) electrons. The van der Waals surface area contributed by atoms with Crippen LogP contribution in [0.3, 0.4) is 0 Å². The van der Waals surface area contributed by atoms with Crippen molar-refractivity contribution in [1.29, 1.82) is 0 Å². The largest absolute Gasteiger partial charge is 0.494 e. The van der Waals surface area contributed by atoms with Crippen LogP contribution >= 0.6 is 0 Å². The minimum atomic E-state index is 0.696. The average molecular weight is 513 g/mol. The van der Waals surface area contributed by atoms with E-state index in [1.165, 1.54) is 25.9 Å². The molecule has 2 saturated heterocycles. The number of hydrogen-bond donors (Lipinski definition) is 1. The Morgan fingerprint density at radius 2 is 1.55 bits per heavy atom. The minimum Gasteiger partial charge on any atom is -0.494 e. The van der Waals surface area contributed by atoms with Crippen LogP contribution in [0.2, 0.25) is 0 Å². The number of piperazine rings is 1. The molecule has 2 fully saturated rings. The number of aromatic nitrogens is 3. The Morgan fingerprint density at radius 1 is 0.868 bits per heavy atom. The van der Waals surface area contributed by atoms with Gasteiger partial charge in [0.2, 0.25) is 0 Å². The number of fused-ring (bicyclic) bond motifs is 1. The molecule has 2 aromatic carbocycles. The summed E-state index contributed by atoms with van der Waals surface area (Å²) >= 11 is 0. The zero-order chi connectivity index (χ0) is 26.1. The van der Waals surface area contributed by atoms with E-state index < -0.39 is 0 Å². The van der Waals surface area contributed by atoms with Crippen LogP contribution in [0.15, 0.2) is 54.9 Å². The first-order valence-corrected chi connectivity index (χ1v) is 13.5. The van der Waals surface area contributed by atoms with Gasteiger partial charge in [-0.3, -0.25) is 4.90 Å². The van der Waals surface area contributed by atoms with Gasteiger partial charge < -0.3 is 24.3 Å². The smallest absolute Gasteiger partial charge is 0.156 e. The second kappa shape index (κ2) is 10.6. The summed E-state index contributed by atoms with van der Waals surface area (Å²) in [6, 6.07) is 15.1. The van der Waals surface area contributed by atoms with Crippen LogP contribution in [0.25, 0.3) is 33.5 Å². The molecule has 0 aliphatic carbocycles. The van der Waals surface area contributed by atoms with Crippen molar-refractivity contribution in [2.24, 2.45) is 0 Å². The number of ether oxygens (including phenoxy) is 2. The van der Waals surface area contributed by atoms with Crippen molar-refractivity contribution in [2.45, 2.75) is 18.9 Å². The zero-order valence-corrected chi connectivity index (χ0v) is 22.5. The third-order valence-electron chi connectivity index (χ3n) is 8.08. The topological polar surface area (TPSA) is 69.8 Å². The van der Waals surface area contributed by atoms with Gasteiger partial charge in [0, 0.05) is 49.5 Å². The molecule has 0 atom stereocenters. The lowest BCUT2D eigenvalue weighted by Gasteiger charge is -2.43. The van der Waals surface area contributed by atoms with E-state index in [4.69, 9.17) is 14.5 Å². The van der Waals surface area contributed by atoms with Crippen LogP contribution in [-0.4, -0.2) is 91.3 Å². The Balaban J connectivity index is 1.28. The molecule has 38 heavy (non-hydrogen) atoms. The van der Waals surface area contributed by atoms with Crippen molar-refractivity contribution >= 4 is 16.9 Å². The lowest BCUT2D eigenvalue weighted by molar-refractivity contribution is 0.115. The van der Waals surface area contributed by atoms with Gasteiger partial charge in [0.1, 0.15) is 22.7 Å². The molecule has 4 heterocycles. The van der Waals surface area contributed by atoms with Crippen molar-refractivity contribution < 1.29 is 9.47 Å². The van der Waals surface area contributed by atoms with Gasteiger partial charge in [-0.25, -0.2) is 9.97 Å². The molecule has 2 aliphatic heterocycles. The molecule has 2 aromatic heterocycles. The molecule has 6 rings (SSSR count). The Morgan fingerprint density at radius 3 is 2.21 bits per heavy atom. The Bertz CT molecular complexity index is 1360. The molecular formula is C30H36N6O2. The highest BCUT2D eigenvalue weighted by Gasteiger charge is 2.29. The number of methoxy groups -OCH3 is 2. The van der Waals surface area contributed by atoms with E-state index in [0.29, 0.717) is 6.04 Å². The first-order chi connectivity index (χ1) is 18.6. The molecule has 0 saturated carbocycles. The number of hydrogen-bond acceptors (Lipinski definition) is 7. The summed E-state index contributed by atoms with van der Waals surface area (Å²) in [5.41, 5.74) is 6.48. The summed E-state index contributed by atoms with van der Waals surface area (Å²) in [5, 5.41) is 0. The van der Waals surface area contributed by atoms with E-state index >= 15 is 0 Å². The number of likely N-dealkylation sites (tertiary alicyclic amines) is 1. The predicted molar refractivity (Wildman–Crippen MR) is 152 cm³/mol. The van der Waals surface area contributed by atoms with Gasteiger partial charge in [0.25, 0.3) is 0 Å². The van der Waals surface area contributed by atoms with Crippen molar-refractivity contribution in [3.8, 4) is 33.9 Å². The van der Waals surface area contributed by atoms with E-state index in [9.17, 15) is 0 Å². The Hall–Kier alpha value is -3.62. The molecule has 2 aliphatic rings. The number of H-pyrrole nitrogens is 1. The third kappa shape index (κ3) is 4.70. The Labute approximate surface area is 224 Å². The van der Waals surface area contributed by atoms with Gasteiger partial charge in [0.05, 0.1) is 26.1 Å². The molecule has 8 heteroatoms. The van der Waals surface area contributed by atoms with E-state index in [1.54, 1.807) is 14.2 Å². The molecular weight excluding hydrogens is 476 g/mol. The highest BCUT2D eigenvalue weighted by atomic mass is 16.5. The van der Waals surface area contributed by atoms with E-state index in [-0.39, 0.29) is 0 Å². The van der Waals surface area contributed by atoms with Crippen LogP contribution in [-0.2, 0) is 0 Å². The number of rotatable bonds is 6. The summed E-state index contributed by atoms with van der Waals surface area (Å²) in [5.74, 6) is 1.60. The molecule has 198 valence electrons. The normalized spacial score (nSPS) is 17.7. The van der Waals surface area contributed by atoms with Crippen LogP contribution in [0.4, 0.5) is 5.69 Å². The maximum Gasteiger partial charge on any atom is 0.156 e. The summed E-state index contributed by atoms with van der Waals surface area (Å²) in [4.78, 5) is 20.4. The van der Waals surface area contributed by atoms with Gasteiger partial charge in [0.15, 0.2) is 5.65 Å². The van der Waals surface area contributed by atoms with Crippen molar-refractivity contribution in [2.75, 3.05) is 65.4 Å². The molecule has 0 bridgehead atoms. The second-order valence-corrected chi connectivity index (χ2v) is 10.3. The molecule has 0 amide bonds. The number of anilines is 1. The number of benzene rings is 2. The lowest BCUT2D eigenvalue weighted by Crippen LogP contribution is -2.53. The number of nitrogens with zero attached hydrogens (tertiary/aromatic N) is 5. The van der Waals surface area contributed by atoms with Crippen LogP contribution in [0.5, 0.6) is 11.5 Å². The highest BCUT2D eigenvalue weighted by molar-refractivity contribution is 5.91. The van der Waals surface area contributed by atoms with Gasteiger partial charge in [-0.2, -0.15) is 0 Å². The first-order valence-electron chi connectivity index (χ1n) is 13.5. The summed E-state index contributed by atoms with van der Waals surface area (Å²) in [6.07, 6.45) is 6.30. The van der Waals surface area contributed by atoms with E-state index in [2.05, 4.69) is 56.0 Å². The Kier molecular flexibility index (Phi) is 6.91. The number of nitrogens with one attached hydrogen (secondary N) is 1. The molecule has 8 nitrogen and oxygen atoms in total. The predicted octanol–water partition coefficient (Wildman–Crippen LogP) is 4.53. The maximum absolute atomic E-state index is 5.93. The summed E-state index contributed by atoms with van der Waals surface area (Å²) in [7, 11) is 5.68. The monoisotopic (exact) mass is 512 g/mol. The van der Waals surface area contributed by atoms with Crippen molar-refractivity contribution in [3.63, 3.8) is 0 Å². The molecule has 4 aromatic rings. The minimum absolute atomic E-state index is 0.696. The number of aromatic amines is 1. The quantitative estimate of drug-likeness (QED) is 0.407. The SMILES string of the molecule is COc1cc(-c2cnc3[nH]cc(-c4ccccc4)c3n2)cc(OC)c1N1CCN(C2CCN(C)CC2)CC1. The van der Waals surface area contributed by atoms with Crippen LogP contribution in [0.1, 0.15) is 12.8 Å². The lowest BCUT2D eigenvalue weighted by atomic mass is 10.0. The second-order valence-electron chi connectivity index (χ2n) is 10.3. The number of piperidine rings is 1. The van der Waals surface area contributed by atoms with Gasteiger partial charge >= 0.3 is 0 Å². The van der Waals surface area contributed by atoms with E-state index in [1.807, 2.05) is 30.6 Å². The van der Waals surface area contributed by atoms with Gasteiger partial charge in [-0.05, 0) is 50.7 Å². The van der Waals surface area contributed by atoms with E-state index in [0.717, 1.165) is 76.9 Å². The molecule has 1 N–H and O–H groups in total. The fourth-order valence-electron chi connectivity index (χ4n) is 5.89. The third-order valence-corrected chi connectivity index (χ3v) is 8.08. The van der Waals surface area contributed by atoms with Crippen molar-refractivity contribution in [1.82, 2.24) is 24.8 Å². The maximum atomic E-state index is 5.93.